The molecule has 7 heteroatoms. The van der Waals surface area contributed by atoms with Crippen LogP contribution in [0.4, 0.5) is 0 Å². The van der Waals surface area contributed by atoms with Crippen LogP contribution in [0.1, 0.15) is 55.0 Å². The van der Waals surface area contributed by atoms with Crippen molar-refractivity contribution in [3.63, 3.8) is 0 Å². The highest BCUT2D eigenvalue weighted by molar-refractivity contribution is 8.00. The summed E-state index contributed by atoms with van der Waals surface area (Å²) in [6, 6.07) is 14.7. The minimum Gasteiger partial charge on any atom is -0.349 e. The van der Waals surface area contributed by atoms with Gasteiger partial charge in [0.25, 0.3) is 0 Å². The van der Waals surface area contributed by atoms with Gasteiger partial charge in [0.05, 0.1) is 11.3 Å². The van der Waals surface area contributed by atoms with Gasteiger partial charge in [-0.1, -0.05) is 48.2 Å². The zero-order valence-corrected chi connectivity index (χ0v) is 17.7. The lowest BCUT2D eigenvalue weighted by Crippen LogP contribution is -2.33. The van der Waals surface area contributed by atoms with Gasteiger partial charge in [-0.3, -0.25) is 4.79 Å². The van der Waals surface area contributed by atoms with Gasteiger partial charge in [0.1, 0.15) is 5.82 Å². The first kappa shape index (κ1) is 19.2. The first-order valence-corrected chi connectivity index (χ1v) is 11.4. The van der Waals surface area contributed by atoms with E-state index < -0.39 is 0 Å². The molecule has 1 aliphatic carbocycles. The van der Waals surface area contributed by atoms with Crippen LogP contribution in [0.15, 0.2) is 53.0 Å². The zero-order valence-electron chi connectivity index (χ0n) is 16.0. The van der Waals surface area contributed by atoms with Gasteiger partial charge in [0.2, 0.25) is 5.91 Å². The molecule has 1 saturated carbocycles. The van der Waals surface area contributed by atoms with Gasteiger partial charge in [-0.25, -0.2) is 0 Å². The summed E-state index contributed by atoms with van der Waals surface area (Å²) in [7, 11) is 0. The molecule has 1 aromatic carbocycles. The number of amides is 1. The zero-order chi connectivity index (χ0) is 19.5. The lowest BCUT2D eigenvalue weighted by molar-refractivity contribution is -0.120. The SMILES string of the molecule is CC(Sc1nnc(Cc2cccs2)n1C1CC1)C(=O)NC(C)c1ccccc1. The Morgan fingerprint density at radius 3 is 2.68 bits per heavy atom. The fraction of sp³-hybridized carbons (Fsp3) is 0.381. The Hall–Kier alpha value is -2.12. The lowest BCUT2D eigenvalue weighted by atomic mass is 10.1. The number of nitrogens with one attached hydrogen (secondary N) is 1. The molecule has 1 aliphatic rings. The number of nitrogens with zero attached hydrogens (tertiary/aromatic N) is 3. The topological polar surface area (TPSA) is 59.8 Å². The van der Waals surface area contributed by atoms with Gasteiger partial charge in [-0.05, 0) is 43.7 Å². The molecule has 2 aromatic heterocycles. The quantitative estimate of drug-likeness (QED) is 0.548. The van der Waals surface area contributed by atoms with E-state index in [2.05, 4.69) is 37.6 Å². The van der Waals surface area contributed by atoms with Crippen LogP contribution < -0.4 is 5.32 Å². The molecule has 0 bridgehead atoms. The molecular weight excluding hydrogens is 388 g/mol. The van der Waals surface area contributed by atoms with Crippen LogP contribution >= 0.6 is 23.1 Å². The fourth-order valence-electron chi connectivity index (χ4n) is 3.14. The predicted molar refractivity (Wildman–Crippen MR) is 114 cm³/mol. The standard InChI is InChI=1S/C21H24N4OS2/c1-14(16-7-4-3-5-8-16)22-20(26)15(2)28-21-24-23-19(25(21)17-10-11-17)13-18-9-6-12-27-18/h3-9,12,14-15,17H,10-11,13H2,1-2H3,(H,22,26). The van der Waals surface area contributed by atoms with Crippen LogP contribution in [0.3, 0.4) is 0 Å². The van der Waals surface area contributed by atoms with E-state index in [0.29, 0.717) is 6.04 Å². The average Bonchev–Trinajstić information content (AvgIpc) is 3.26. The molecule has 4 rings (SSSR count). The van der Waals surface area contributed by atoms with Crippen molar-refractivity contribution in [3.8, 4) is 0 Å². The van der Waals surface area contributed by atoms with E-state index in [1.54, 1.807) is 11.3 Å². The summed E-state index contributed by atoms with van der Waals surface area (Å²) < 4.78 is 2.24. The van der Waals surface area contributed by atoms with Crippen molar-refractivity contribution in [1.82, 2.24) is 20.1 Å². The molecule has 0 radical (unpaired) electrons. The first-order valence-electron chi connectivity index (χ1n) is 9.60. The maximum absolute atomic E-state index is 12.7. The van der Waals surface area contributed by atoms with Crippen molar-refractivity contribution in [3.05, 3.63) is 64.1 Å². The molecule has 2 atom stereocenters. The monoisotopic (exact) mass is 412 g/mol. The van der Waals surface area contributed by atoms with Gasteiger partial charge >= 0.3 is 0 Å². The highest BCUT2D eigenvalue weighted by atomic mass is 32.2. The minimum absolute atomic E-state index is 0.0199. The molecule has 0 aliphatic heterocycles. The van der Waals surface area contributed by atoms with Crippen LogP contribution in [0.5, 0.6) is 0 Å². The third kappa shape index (κ3) is 4.47. The molecule has 2 heterocycles. The van der Waals surface area contributed by atoms with Crippen LogP contribution in [-0.4, -0.2) is 25.9 Å². The molecule has 0 spiro atoms. The summed E-state index contributed by atoms with van der Waals surface area (Å²) in [4.78, 5) is 14.0. The average molecular weight is 413 g/mol. The number of hydrogen-bond donors (Lipinski definition) is 1. The van der Waals surface area contributed by atoms with Crippen LogP contribution in [-0.2, 0) is 11.2 Å². The third-order valence-electron chi connectivity index (χ3n) is 4.87. The molecule has 1 fully saturated rings. The van der Waals surface area contributed by atoms with Crippen molar-refractivity contribution in [2.75, 3.05) is 0 Å². The van der Waals surface area contributed by atoms with Crippen molar-refractivity contribution in [1.29, 1.82) is 0 Å². The summed E-state index contributed by atoms with van der Waals surface area (Å²) in [5.41, 5.74) is 1.10. The Labute approximate surface area is 173 Å². The number of thiophene rings is 1. The molecule has 1 N–H and O–H groups in total. The molecular formula is C21H24N4OS2. The highest BCUT2D eigenvalue weighted by Gasteiger charge is 2.31. The third-order valence-corrected chi connectivity index (χ3v) is 6.80. The molecule has 1 amide bonds. The molecule has 5 nitrogen and oxygen atoms in total. The van der Waals surface area contributed by atoms with E-state index in [4.69, 9.17) is 0 Å². The second-order valence-corrected chi connectivity index (χ2v) is 9.50. The Morgan fingerprint density at radius 1 is 1.21 bits per heavy atom. The van der Waals surface area contributed by atoms with Crippen LogP contribution in [0.25, 0.3) is 0 Å². The number of rotatable bonds is 8. The Morgan fingerprint density at radius 2 is 2.00 bits per heavy atom. The van der Waals surface area contributed by atoms with Crippen LogP contribution in [0, 0.1) is 0 Å². The molecule has 146 valence electrons. The second-order valence-electron chi connectivity index (χ2n) is 7.16. The molecule has 28 heavy (non-hydrogen) atoms. The van der Waals surface area contributed by atoms with E-state index in [-0.39, 0.29) is 17.2 Å². The van der Waals surface area contributed by atoms with E-state index in [9.17, 15) is 4.79 Å². The second kappa shape index (κ2) is 8.49. The first-order chi connectivity index (χ1) is 13.6. The fourth-order valence-corrected chi connectivity index (χ4v) is 4.79. The van der Waals surface area contributed by atoms with Gasteiger partial charge in [-0.2, -0.15) is 0 Å². The van der Waals surface area contributed by atoms with Crippen molar-refractivity contribution >= 4 is 29.0 Å². The maximum atomic E-state index is 12.7. The predicted octanol–water partition coefficient (Wildman–Crippen LogP) is 4.62. The van der Waals surface area contributed by atoms with Gasteiger partial charge < -0.3 is 9.88 Å². The Kier molecular flexibility index (Phi) is 5.82. The van der Waals surface area contributed by atoms with Gasteiger partial charge in [-0.15, -0.1) is 21.5 Å². The summed E-state index contributed by atoms with van der Waals surface area (Å²) in [6.45, 7) is 3.94. The maximum Gasteiger partial charge on any atom is 0.233 e. The number of hydrogen-bond acceptors (Lipinski definition) is 5. The number of carbonyl (C=O) groups is 1. The van der Waals surface area contributed by atoms with Crippen molar-refractivity contribution in [2.45, 2.75) is 55.6 Å². The summed E-state index contributed by atoms with van der Waals surface area (Å²) in [6.07, 6.45) is 3.12. The molecule has 2 unspecified atom stereocenters. The lowest BCUT2D eigenvalue weighted by Gasteiger charge is -2.18. The summed E-state index contributed by atoms with van der Waals surface area (Å²) in [5.74, 6) is 1.02. The summed E-state index contributed by atoms with van der Waals surface area (Å²) in [5, 5.41) is 14.7. The number of thioether (sulfide) groups is 1. The minimum atomic E-state index is -0.234. The van der Waals surface area contributed by atoms with Crippen molar-refractivity contribution < 1.29 is 4.79 Å². The van der Waals surface area contributed by atoms with E-state index >= 15 is 0 Å². The van der Waals surface area contributed by atoms with E-state index in [0.717, 1.165) is 35.8 Å². The number of carbonyl (C=O) groups excluding carboxylic acids is 1. The molecule has 0 saturated heterocycles. The van der Waals surface area contributed by atoms with E-state index in [1.165, 1.54) is 16.6 Å². The normalized spacial score (nSPS) is 15.9. The largest absolute Gasteiger partial charge is 0.349 e. The smallest absolute Gasteiger partial charge is 0.233 e. The summed E-state index contributed by atoms with van der Waals surface area (Å²) >= 11 is 3.24. The Bertz CT molecular complexity index is 919. The highest BCUT2D eigenvalue weighted by Crippen LogP contribution is 2.40. The number of benzene rings is 1. The van der Waals surface area contributed by atoms with Crippen molar-refractivity contribution in [2.24, 2.45) is 0 Å². The van der Waals surface area contributed by atoms with Gasteiger partial charge in [0.15, 0.2) is 5.16 Å². The van der Waals surface area contributed by atoms with E-state index in [1.807, 2.05) is 44.2 Å². The Balaban J connectivity index is 1.43. The van der Waals surface area contributed by atoms with Crippen LogP contribution in [0.2, 0.25) is 0 Å². The van der Waals surface area contributed by atoms with Gasteiger partial charge in [0, 0.05) is 17.3 Å². The molecule has 3 aromatic rings. The number of aromatic nitrogens is 3.